The minimum absolute atomic E-state index is 0.269. The van der Waals surface area contributed by atoms with Gasteiger partial charge in [-0.05, 0) is 53.8 Å². The highest BCUT2D eigenvalue weighted by Gasteiger charge is 2.39. The first-order valence-corrected chi connectivity index (χ1v) is 9.80. The third-order valence-electron chi connectivity index (χ3n) is 5.27. The predicted molar refractivity (Wildman–Crippen MR) is 111 cm³/mol. The number of nitrogens with two attached hydrogens (primary N) is 1. The zero-order valence-corrected chi connectivity index (χ0v) is 16.4. The lowest BCUT2D eigenvalue weighted by Crippen LogP contribution is -2.43. The molecule has 0 spiro atoms. The molecule has 6 heteroatoms. The first-order chi connectivity index (χ1) is 14.1. The van der Waals surface area contributed by atoms with Crippen molar-refractivity contribution in [1.29, 1.82) is 0 Å². The predicted octanol–water partition coefficient (Wildman–Crippen LogP) is 4.09. The molecule has 5 nitrogen and oxygen atoms in total. The first-order valence-electron chi connectivity index (χ1n) is 9.42. The van der Waals surface area contributed by atoms with Crippen LogP contribution >= 0.6 is 11.6 Å². The molecule has 0 saturated carbocycles. The van der Waals surface area contributed by atoms with Crippen molar-refractivity contribution < 1.29 is 9.59 Å². The van der Waals surface area contributed by atoms with Crippen LogP contribution in [-0.2, 0) is 11.2 Å². The number of hydrogen-bond donors (Lipinski definition) is 1. The van der Waals surface area contributed by atoms with Gasteiger partial charge in [-0.25, -0.2) is 0 Å². The van der Waals surface area contributed by atoms with Crippen molar-refractivity contribution in [1.82, 2.24) is 9.88 Å². The normalized spacial score (nSPS) is 16.1. The summed E-state index contributed by atoms with van der Waals surface area (Å²) in [6, 6.07) is 18.7. The lowest BCUT2D eigenvalue weighted by atomic mass is 9.98. The summed E-state index contributed by atoms with van der Waals surface area (Å²) >= 11 is 6.24. The van der Waals surface area contributed by atoms with Crippen molar-refractivity contribution >= 4 is 23.4 Å². The summed E-state index contributed by atoms with van der Waals surface area (Å²) in [7, 11) is 0. The molecule has 1 aromatic heterocycles. The summed E-state index contributed by atoms with van der Waals surface area (Å²) < 4.78 is 0. The van der Waals surface area contributed by atoms with E-state index < -0.39 is 11.9 Å². The second kappa shape index (κ2) is 8.05. The number of amides is 2. The molecular weight excluding hydrogens is 386 g/mol. The van der Waals surface area contributed by atoms with E-state index in [9.17, 15) is 9.59 Å². The van der Waals surface area contributed by atoms with Crippen LogP contribution in [0.25, 0.3) is 0 Å². The van der Waals surface area contributed by atoms with Crippen molar-refractivity contribution in [3.63, 3.8) is 0 Å². The average molecular weight is 406 g/mol. The van der Waals surface area contributed by atoms with Crippen molar-refractivity contribution in [2.45, 2.75) is 24.9 Å². The Morgan fingerprint density at radius 2 is 1.83 bits per heavy atom. The summed E-state index contributed by atoms with van der Waals surface area (Å²) in [6.45, 7) is 0. The summed E-state index contributed by atoms with van der Waals surface area (Å²) in [4.78, 5) is 31.9. The zero-order chi connectivity index (χ0) is 20.4. The van der Waals surface area contributed by atoms with Crippen LogP contribution < -0.4 is 5.73 Å². The van der Waals surface area contributed by atoms with Crippen LogP contribution in [-0.4, -0.2) is 21.7 Å². The second-order valence-corrected chi connectivity index (χ2v) is 7.48. The number of pyridine rings is 1. The number of aromatic nitrogens is 1. The molecule has 1 unspecified atom stereocenters. The molecule has 4 rings (SSSR count). The third-order valence-corrected chi connectivity index (χ3v) is 5.51. The van der Waals surface area contributed by atoms with Crippen LogP contribution in [0.4, 0.5) is 0 Å². The Hall–Kier alpha value is -3.18. The van der Waals surface area contributed by atoms with Crippen molar-refractivity contribution in [3.8, 4) is 0 Å². The lowest BCUT2D eigenvalue weighted by Gasteiger charge is -2.35. The number of carbonyl (C=O) groups is 2. The molecule has 1 aliphatic carbocycles. The molecule has 2 aromatic carbocycles. The molecule has 0 saturated heterocycles. The van der Waals surface area contributed by atoms with E-state index in [1.54, 1.807) is 29.3 Å². The molecule has 0 fully saturated rings. The molecule has 1 aliphatic rings. The Bertz CT molecular complexity index is 1040. The Kier molecular flexibility index (Phi) is 5.32. The SMILES string of the molecule is NC(=O)C(c1ccccc1)N(C(=O)c1ccccn1)[C@@H]1CCc2ccc(Cl)cc21. The van der Waals surface area contributed by atoms with Crippen LogP contribution in [0, 0.1) is 0 Å². The van der Waals surface area contributed by atoms with Gasteiger partial charge in [-0.15, -0.1) is 0 Å². The van der Waals surface area contributed by atoms with E-state index in [0.717, 1.165) is 17.5 Å². The topological polar surface area (TPSA) is 76.3 Å². The smallest absolute Gasteiger partial charge is 0.273 e. The van der Waals surface area contributed by atoms with Crippen LogP contribution in [0.15, 0.2) is 72.9 Å². The lowest BCUT2D eigenvalue weighted by molar-refractivity contribution is -0.123. The highest BCUT2D eigenvalue weighted by molar-refractivity contribution is 6.30. The van der Waals surface area contributed by atoms with E-state index in [0.29, 0.717) is 17.0 Å². The number of fused-ring (bicyclic) bond motifs is 1. The van der Waals surface area contributed by atoms with Gasteiger partial charge in [0.05, 0.1) is 6.04 Å². The van der Waals surface area contributed by atoms with E-state index in [2.05, 4.69) is 4.98 Å². The van der Waals surface area contributed by atoms with Gasteiger partial charge < -0.3 is 10.6 Å². The Morgan fingerprint density at radius 1 is 1.07 bits per heavy atom. The molecular formula is C23H20ClN3O2. The van der Waals surface area contributed by atoms with Gasteiger partial charge >= 0.3 is 0 Å². The molecule has 1 heterocycles. The van der Waals surface area contributed by atoms with Gasteiger partial charge in [-0.1, -0.05) is 54.1 Å². The Balaban J connectivity index is 1.86. The molecule has 0 bridgehead atoms. The average Bonchev–Trinajstić information content (AvgIpc) is 3.15. The maximum atomic E-state index is 13.6. The van der Waals surface area contributed by atoms with Gasteiger partial charge in [-0.2, -0.15) is 0 Å². The zero-order valence-electron chi connectivity index (χ0n) is 15.7. The van der Waals surface area contributed by atoms with Crippen LogP contribution in [0.1, 0.15) is 45.7 Å². The molecule has 29 heavy (non-hydrogen) atoms. The third kappa shape index (κ3) is 3.74. The quantitative estimate of drug-likeness (QED) is 0.694. The minimum atomic E-state index is -0.916. The Morgan fingerprint density at radius 3 is 2.52 bits per heavy atom. The molecule has 3 aromatic rings. The molecule has 2 amide bonds. The number of primary amides is 1. The molecule has 0 aliphatic heterocycles. The van der Waals surface area contributed by atoms with Crippen LogP contribution in [0.5, 0.6) is 0 Å². The maximum Gasteiger partial charge on any atom is 0.273 e. The second-order valence-electron chi connectivity index (χ2n) is 7.04. The molecule has 2 N–H and O–H groups in total. The number of benzene rings is 2. The standard InChI is InChI=1S/C23H20ClN3O2/c24-17-11-9-15-10-12-20(18(15)14-17)27(23(29)19-8-4-5-13-26-19)21(22(25)28)16-6-2-1-3-7-16/h1-9,11,13-14,20-21H,10,12H2,(H2,25,28)/t20-,21?/m1/s1. The Labute approximate surface area is 174 Å². The fourth-order valence-electron chi connectivity index (χ4n) is 4.00. The number of nitrogens with zero attached hydrogens (tertiary/aromatic N) is 2. The number of aryl methyl sites for hydroxylation is 1. The summed E-state index contributed by atoms with van der Waals surface area (Å²) in [5, 5.41) is 0.594. The summed E-state index contributed by atoms with van der Waals surface area (Å²) in [5.41, 5.74) is 8.83. The van der Waals surface area contributed by atoms with Gasteiger partial charge in [0, 0.05) is 11.2 Å². The van der Waals surface area contributed by atoms with Gasteiger partial charge in [-0.3, -0.25) is 14.6 Å². The van der Waals surface area contributed by atoms with Gasteiger partial charge in [0.25, 0.3) is 5.91 Å². The van der Waals surface area contributed by atoms with Crippen LogP contribution in [0.3, 0.4) is 0 Å². The van der Waals surface area contributed by atoms with Crippen LogP contribution in [0.2, 0.25) is 5.02 Å². The summed E-state index contributed by atoms with van der Waals surface area (Å²) in [6.07, 6.45) is 3.04. The van der Waals surface area contributed by atoms with E-state index in [4.69, 9.17) is 17.3 Å². The number of halogens is 1. The van der Waals surface area contributed by atoms with Gasteiger partial charge in [0.2, 0.25) is 5.91 Å². The van der Waals surface area contributed by atoms with Gasteiger partial charge in [0.15, 0.2) is 0 Å². The fourth-order valence-corrected chi connectivity index (χ4v) is 4.18. The number of rotatable bonds is 5. The summed E-state index contributed by atoms with van der Waals surface area (Å²) in [5.74, 6) is -0.924. The molecule has 146 valence electrons. The van der Waals surface area contributed by atoms with Crippen molar-refractivity contribution in [2.24, 2.45) is 5.73 Å². The van der Waals surface area contributed by atoms with Gasteiger partial charge in [0.1, 0.15) is 11.7 Å². The van der Waals surface area contributed by atoms with Crippen molar-refractivity contribution in [2.75, 3.05) is 0 Å². The molecule has 0 radical (unpaired) electrons. The fraction of sp³-hybridized carbons (Fsp3) is 0.174. The highest BCUT2D eigenvalue weighted by Crippen LogP contribution is 2.41. The maximum absolute atomic E-state index is 13.6. The van der Waals surface area contributed by atoms with E-state index in [1.165, 1.54) is 0 Å². The minimum Gasteiger partial charge on any atom is -0.368 e. The van der Waals surface area contributed by atoms with E-state index in [1.807, 2.05) is 48.5 Å². The largest absolute Gasteiger partial charge is 0.368 e. The monoisotopic (exact) mass is 405 g/mol. The highest BCUT2D eigenvalue weighted by atomic mass is 35.5. The van der Waals surface area contributed by atoms with E-state index >= 15 is 0 Å². The number of hydrogen-bond acceptors (Lipinski definition) is 3. The van der Waals surface area contributed by atoms with Crippen molar-refractivity contribution in [3.05, 3.63) is 100 Å². The first kappa shape index (κ1) is 19.2. The van der Waals surface area contributed by atoms with E-state index in [-0.39, 0.29) is 17.6 Å². The molecule has 2 atom stereocenters. The number of carbonyl (C=O) groups excluding carboxylic acids is 2.